The Morgan fingerprint density at radius 1 is 1.05 bits per heavy atom. The number of rotatable bonds is 12. The Balaban J connectivity index is 3.36. The first-order valence-electron chi connectivity index (χ1n) is 7.60. The Hall–Kier alpha value is -0.250. The second-order valence-electron chi connectivity index (χ2n) is 4.98. The average molecular weight is 337 g/mol. The molecule has 0 rings (SSSR count). The molecule has 0 amide bonds. The molecule has 0 spiro atoms. The highest BCUT2D eigenvalue weighted by Crippen LogP contribution is 2.10. The van der Waals surface area contributed by atoms with Gasteiger partial charge in [0.2, 0.25) is 0 Å². The summed E-state index contributed by atoms with van der Waals surface area (Å²) >= 11 is 3.34. The summed E-state index contributed by atoms with van der Waals surface area (Å²) in [7, 11) is 0. The quantitative estimate of drug-likeness (QED) is 0.270. The van der Waals surface area contributed by atoms with Crippen LogP contribution >= 0.6 is 15.9 Å². The molecule has 4 heteroatoms. The highest BCUT2D eigenvalue weighted by molar-refractivity contribution is 9.09. The van der Waals surface area contributed by atoms with Crippen LogP contribution in [0.1, 0.15) is 71.6 Å². The number of alkyl halides is 1. The van der Waals surface area contributed by atoms with Crippen LogP contribution in [0.5, 0.6) is 0 Å². The number of halogens is 1. The lowest BCUT2D eigenvalue weighted by Crippen LogP contribution is -2.16. The van der Waals surface area contributed by atoms with Crippen molar-refractivity contribution in [2.45, 2.75) is 77.7 Å². The molecule has 0 aliphatic carbocycles. The molecule has 0 fully saturated rings. The van der Waals surface area contributed by atoms with Crippen LogP contribution in [0.3, 0.4) is 0 Å². The van der Waals surface area contributed by atoms with Crippen LogP contribution in [0, 0.1) is 0 Å². The van der Waals surface area contributed by atoms with Gasteiger partial charge in [-0.25, -0.2) is 4.79 Å². The molecule has 1 unspecified atom stereocenters. The average Bonchev–Trinajstić information content (AvgIpc) is 2.39. The Labute approximate surface area is 126 Å². The van der Waals surface area contributed by atoms with Crippen LogP contribution in [0.25, 0.3) is 0 Å². The van der Waals surface area contributed by atoms with E-state index < -0.39 is 6.16 Å². The van der Waals surface area contributed by atoms with E-state index in [1.54, 1.807) is 0 Å². The van der Waals surface area contributed by atoms with Gasteiger partial charge in [-0.2, -0.15) is 0 Å². The molecule has 0 aromatic carbocycles. The predicted molar refractivity (Wildman–Crippen MR) is 82.9 cm³/mol. The molecule has 0 N–H and O–H groups in total. The number of hydrogen-bond acceptors (Lipinski definition) is 3. The maximum Gasteiger partial charge on any atom is 0.508 e. The first-order valence-corrected chi connectivity index (χ1v) is 8.72. The van der Waals surface area contributed by atoms with Crippen LogP contribution in [-0.2, 0) is 9.47 Å². The fraction of sp³-hybridized carbons (Fsp3) is 0.933. The summed E-state index contributed by atoms with van der Waals surface area (Å²) in [4.78, 5) is 11.3. The van der Waals surface area contributed by atoms with E-state index in [2.05, 4.69) is 22.9 Å². The summed E-state index contributed by atoms with van der Waals surface area (Å²) in [5.41, 5.74) is 0. The molecule has 0 aliphatic rings. The lowest BCUT2D eigenvalue weighted by molar-refractivity contribution is 0.0254. The van der Waals surface area contributed by atoms with Crippen molar-refractivity contribution < 1.29 is 14.3 Å². The lowest BCUT2D eigenvalue weighted by atomic mass is 10.1. The Bertz CT molecular complexity index is 210. The van der Waals surface area contributed by atoms with Crippen LogP contribution in [0.2, 0.25) is 0 Å². The second kappa shape index (κ2) is 14.2. The van der Waals surface area contributed by atoms with Gasteiger partial charge < -0.3 is 9.47 Å². The van der Waals surface area contributed by atoms with E-state index in [9.17, 15) is 4.79 Å². The van der Waals surface area contributed by atoms with E-state index in [0.29, 0.717) is 6.61 Å². The summed E-state index contributed by atoms with van der Waals surface area (Å²) < 4.78 is 10.2. The van der Waals surface area contributed by atoms with E-state index >= 15 is 0 Å². The van der Waals surface area contributed by atoms with Crippen molar-refractivity contribution in [2.24, 2.45) is 0 Å². The van der Waals surface area contributed by atoms with Gasteiger partial charge in [0, 0.05) is 5.33 Å². The molecular weight excluding hydrogens is 308 g/mol. The highest BCUT2D eigenvalue weighted by atomic mass is 79.9. The molecule has 0 aromatic rings. The molecule has 0 radical (unpaired) electrons. The normalized spacial score (nSPS) is 12.2. The lowest BCUT2D eigenvalue weighted by Gasteiger charge is -2.13. The Morgan fingerprint density at radius 3 is 2.42 bits per heavy atom. The third-order valence-electron chi connectivity index (χ3n) is 3.01. The summed E-state index contributed by atoms with van der Waals surface area (Å²) in [6, 6.07) is 0. The smallest absolute Gasteiger partial charge is 0.434 e. The van der Waals surface area contributed by atoms with Gasteiger partial charge >= 0.3 is 6.16 Å². The summed E-state index contributed by atoms with van der Waals surface area (Å²) in [5, 5.41) is 0.944. The largest absolute Gasteiger partial charge is 0.508 e. The summed E-state index contributed by atoms with van der Waals surface area (Å²) in [5.74, 6) is 0. The van der Waals surface area contributed by atoms with E-state index in [1.807, 2.05) is 6.92 Å². The minimum atomic E-state index is -0.520. The van der Waals surface area contributed by atoms with Gasteiger partial charge in [-0.15, -0.1) is 0 Å². The van der Waals surface area contributed by atoms with Crippen molar-refractivity contribution in [3.63, 3.8) is 0 Å². The minimum absolute atomic E-state index is 0.0325. The van der Waals surface area contributed by atoms with Gasteiger partial charge in [0.05, 0.1) is 6.61 Å². The molecule has 0 heterocycles. The fourth-order valence-corrected chi connectivity index (χ4v) is 2.22. The van der Waals surface area contributed by atoms with Crippen LogP contribution < -0.4 is 0 Å². The zero-order valence-electron chi connectivity index (χ0n) is 12.5. The van der Waals surface area contributed by atoms with Crippen molar-refractivity contribution in [3.8, 4) is 0 Å². The maximum atomic E-state index is 11.3. The topological polar surface area (TPSA) is 35.5 Å². The van der Waals surface area contributed by atoms with Crippen molar-refractivity contribution >= 4 is 22.1 Å². The van der Waals surface area contributed by atoms with E-state index in [0.717, 1.165) is 31.0 Å². The van der Waals surface area contributed by atoms with Crippen LogP contribution in [0.4, 0.5) is 4.79 Å². The SMILES string of the molecule is CCCCCCCCC(C)OC(=O)OCCCCBr. The van der Waals surface area contributed by atoms with Gasteiger partial charge in [0.1, 0.15) is 6.10 Å². The number of carbonyl (C=O) groups is 1. The number of carbonyl (C=O) groups excluding carboxylic acids is 1. The molecule has 3 nitrogen and oxygen atoms in total. The Morgan fingerprint density at radius 2 is 1.74 bits per heavy atom. The minimum Gasteiger partial charge on any atom is -0.434 e. The first kappa shape index (κ1) is 18.8. The maximum absolute atomic E-state index is 11.3. The molecule has 114 valence electrons. The standard InChI is InChI=1S/C15H29BrO3/c1-3-4-5-6-7-8-11-14(2)19-15(17)18-13-10-9-12-16/h14H,3-13H2,1-2H3. The van der Waals surface area contributed by atoms with Crippen molar-refractivity contribution in [1.82, 2.24) is 0 Å². The van der Waals surface area contributed by atoms with Gasteiger partial charge in [-0.3, -0.25) is 0 Å². The molecule has 0 saturated carbocycles. The zero-order valence-corrected chi connectivity index (χ0v) is 14.0. The van der Waals surface area contributed by atoms with Crippen molar-refractivity contribution in [2.75, 3.05) is 11.9 Å². The number of hydrogen-bond donors (Lipinski definition) is 0. The molecule has 0 saturated heterocycles. The molecule has 0 aliphatic heterocycles. The Kier molecular flexibility index (Phi) is 14.0. The first-order chi connectivity index (χ1) is 9.20. The molecular formula is C15H29BrO3. The summed E-state index contributed by atoms with van der Waals surface area (Å²) in [6.45, 7) is 4.61. The van der Waals surface area contributed by atoms with Crippen LogP contribution in [0.15, 0.2) is 0 Å². The third-order valence-corrected chi connectivity index (χ3v) is 3.57. The van der Waals surface area contributed by atoms with Crippen molar-refractivity contribution in [1.29, 1.82) is 0 Å². The molecule has 19 heavy (non-hydrogen) atoms. The van der Waals surface area contributed by atoms with Gasteiger partial charge in [0.15, 0.2) is 0 Å². The fourth-order valence-electron chi connectivity index (χ4n) is 1.82. The van der Waals surface area contributed by atoms with Gasteiger partial charge in [-0.1, -0.05) is 55.0 Å². The highest BCUT2D eigenvalue weighted by Gasteiger charge is 2.09. The van der Waals surface area contributed by atoms with Crippen LogP contribution in [-0.4, -0.2) is 24.2 Å². The van der Waals surface area contributed by atoms with Gasteiger partial charge in [-0.05, 0) is 32.6 Å². The molecule has 1 atom stereocenters. The number of unbranched alkanes of at least 4 members (excludes halogenated alkanes) is 6. The second-order valence-corrected chi connectivity index (χ2v) is 5.77. The van der Waals surface area contributed by atoms with Crippen molar-refractivity contribution in [3.05, 3.63) is 0 Å². The monoisotopic (exact) mass is 336 g/mol. The number of ether oxygens (including phenoxy) is 2. The van der Waals surface area contributed by atoms with E-state index in [4.69, 9.17) is 9.47 Å². The van der Waals surface area contributed by atoms with Gasteiger partial charge in [0.25, 0.3) is 0 Å². The third kappa shape index (κ3) is 14.0. The van der Waals surface area contributed by atoms with E-state index in [-0.39, 0.29) is 6.10 Å². The predicted octanol–water partition coefficient (Wildman–Crippen LogP) is 5.45. The molecule has 0 aromatic heterocycles. The zero-order chi connectivity index (χ0) is 14.3. The molecule has 0 bridgehead atoms. The summed E-state index contributed by atoms with van der Waals surface area (Å²) in [6.07, 6.45) is 9.85. The van der Waals surface area contributed by atoms with E-state index in [1.165, 1.54) is 32.1 Å².